The first-order valence-electron chi connectivity index (χ1n) is 6.25. The Morgan fingerprint density at radius 2 is 2.31 bits per heavy atom. The van der Waals surface area contributed by atoms with Crippen LogP contribution in [-0.2, 0) is 4.74 Å². The van der Waals surface area contributed by atoms with Crippen LogP contribution in [0.4, 0.5) is 0 Å². The number of nitrogens with zero attached hydrogens (tertiary/aromatic N) is 1. The smallest absolute Gasteiger partial charge is 0.0673 e. The van der Waals surface area contributed by atoms with Crippen molar-refractivity contribution in [3.8, 4) is 0 Å². The largest absolute Gasteiger partial charge is 0.380 e. The Labute approximate surface area is 99.6 Å². The van der Waals surface area contributed by atoms with Crippen LogP contribution in [0.3, 0.4) is 0 Å². The second-order valence-corrected chi connectivity index (χ2v) is 5.18. The van der Waals surface area contributed by atoms with E-state index in [1.165, 1.54) is 5.57 Å². The molecular weight excluding hydrogens is 200 g/mol. The average Bonchev–Trinajstić information content (AvgIpc) is 2.21. The lowest BCUT2D eigenvalue weighted by Gasteiger charge is -2.34. The van der Waals surface area contributed by atoms with Gasteiger partial charge in [0.25, 0.3) is 0 Å². The van der Waals surface area contributed by atoms with Crippen LogP contribution >= 0.6 is 0 Å². The Balaban J connectivity index is 2.36. The summed E-state index contributed by atoms with van der Waals surface area (Å²) in [6.45, 7) is 8.27. The normalized spacial score (nSPS) is 21.6. The van der Waals surface area contributed by atoms with E-state index in [-0.39, 0.29) is 5.54 Å². The molecule has 3 heteroatoms. The molecule has 0 saturated carbocycles. The predicted molar refractivity (Wildman–Crippen MR) is 68.5 cm³/mol. The molecule has 0 aliphatic carbocycles. The van der Waals surface area contributed by atoms with Gasteiger partial charge in [0.2, 0.25) is 0 Å². The van der Waals surface area contributed by atoms with Gasteiger partial charge < -0.3 is 10.5 Å². The number of ether oxygens (including phenoxy) is 1. The molecule has 3 nitrogen and oxygen atoms in total. The highest BCUT2D eigenvalue weighted by atomic mass is 16.5. The third kappa shape index (κ3) is 4.64. The van der Waals surface area contributed by atoms with E-state index < -0.39 is 0 Å². The highest BCUT2D eigenvalue weighted by Crippen LogP contribution is 2.16. The molecule has 94 valence electrons. The summed E-state index contributed by atoms with van der Waals surface area (Å²) in [6.07, 6.45) is 5.66. The van der Waals surface area contributed by atoms with E-state index in [2.05, 4.69) is 24.8 Å². The molecule has 0 aromatic rings. The number of nitrogens with two attached hydrogens (primary N) is 1. The second-order valence-electron chi connectivity index (χ2n) is 5.18. The van der Waals surface area contributed by atoms with E-state index in [0.717, 1.165) is 45.5 Å². The molecule has 16 heavy (non-hydrogen) atoms. The number of rotatable bonds is 6. The van der Waals surface area contributed by atoms with Crippen LogP contribution < -0.4 is 5.73 Å². The zero-order valence-corrected chi connectivity index (χ0v) is 11.0. The van der Waals surface area contributed by atoms with Crippen LogP contribution in [0.15, 0.2) is 11.6 Å². The lowest BCUT2D eigenvalue weighted by atomic mass is 9.96. The van der Waals surface area contributed by atoms with Gasteiger partial charge in [0.1, 0.15) is 0 Å². The Morgan fingerprint density at radius 3 is 2.81 bits per heavy atom. The van der Waals surface area contributed by atoms with Crippen LogP contribution in [0.2, 0.25) is 0 Å². The first kappa shape index (κ1) is 13.7. The standard InChI is InChI=1S/C13H26N2O/c1-4-7-13(2,14)11-15-8-5-12(6-9-15)10-16-3/h5H,4,6-11,14H2,1-3H3. The molecule has 1 heterocycles. The topological polar surface area (TPSA) is 38.5 Å². The molecule has 0 aromatic carbocycles. The van der Waals surface area contributed by atoms with Crippen molar-refractivity contribution in [2.75, 3.05) is 33.4 Å². The minimum Gasteiger partial charge on any atom is -0.380 e. The molecule has 0 aromatic heterocycles. The van der Waals surface area contributed by atoms with Gasteiger partial charge in [-0.3, -0.25) is 4.90 Å². The molecule has 0 bridgehead atoms. The number of hydrogen-bond acceptors (Lipinski definition) is 3. The molecule has 0 fully saturated rings. The highest BCUT2D eigenvalue weighted by molar-refractivity contribution is 5.08. The van der Waals surface area contributed by atoms with E-state index in [0.29, 0.717) is 0 Å². The molecule has 1 rings (SSSR count). The zero-order chi connectivity index (χ0) is 12.0. The molecule has 1 aliphatic heterocycles. The minimum atomic E-state index is -0.0403. The van der Waals surface area contributed by atoms with E-state index in [4.69, 9.17) is 10.5 Å². The Hall–Kier alpha value is -0.380. The maximum atomic E-state index is 6.26. The quantitative estimate of drug-likeness (QED) is 0.702. The Kier molecular flexibility index (Phi) is 5.46. The number of methoxy groups -OCH3 is 1. The fourth-order valence-electron chi connectivity index (χ4n) is 2.37. The van der Waals surface area contributed by atoms with Gasteiger partial charge >= 0.3 is 0 Å². The molecule has 0 radical (unpaired) electrons. The number of hydrogen-bond donors (Lipinski definition) is 1. The molecule has 1 atom stereocenters. The summed E-state index contributed by atoms with van der Waals surface area (Å²) in [4.78, 5) is 2.44. The van der Waals surface area contributed by atoms with Crippen molar-refractivity contribution in [3.63, 3.8) is 0 Å². The summed E-state index contributed by atoms with van der Waals surface area (Å²) in [7, 11) is 1.76. The van der Waals surface area contributed by atoms with E-state index >= 15 is 0 Å². The Morgan fingerprint density at radius 1 is 1.56 bits per heavy atom. The molecule has 1 aliphatic rings. The fraction of sp³-hybridized carbons (Fsp3) is 0.846. The SMILES string of the molecule is CCCC(C)(N)CN1CC=C(COC)CC1. The van der Waals surface area contributed by atoms with Gasteiger partial charge in [-0.05, 0) is 25.3 Å². The van der Waals surface area contributed by atoms with Gasteiger partial charge in [0.15, 0.2) is 0 Å². The van der Waals surface area contributed by atoms with Crippen LogP contribution in [0.25, 0.3) is 0 Å². The van der Waals surface area contributed by atoms with Crippen molar-refractivity contribution >= 4 is 0 Å². The van der Waals surface area contributed by atoms with Crippen LogP contribution in [0.5, 0.6) is 0 Å². The van der Waals surface area contributed by atoms with Crippen LogP contribution in [-0.4, -0.2) is 43.8 Å². The van der Waals surface area contributed by atoms with Gasteiger partial charge in [0.05, 0.1) is 6.61 Å². The van der Waals surface area contributed by atoms with Crippen LogP contribution in [0.1, 0.15) is 33.1 Å². The lowest BCUT2D eigenvalue weighted by Crippen LogP contribution is -2.48. The van der Waals surface area contributed by atoms with Gasteiger partial charge in [-0.15, -0.1) is 0 Å². The Bertz CT molecular complexity index is 236. The summed E-state index contributed by atoms with van der Waals surface area (Å²) in [6, 6.07) is 0. The van der Waals surface area contributed by atoms with Crippen molar-refractivity contribution in [1.29, 1.82) is 0 Å². The maximum Gasteiger partial charge on any atom is 0.0673 e. The monoisotopic (exact) mass is 226 g/mol. The molecule has 0 amide bonds. The van der Waals surface area contributed by atoms with Gasteiger partial charge in [0, 0.05) is 32.3 Å². The first-order chi connectivity index (χ1) is 7.57. The zero-order valence-electron chi connectivity index (χ0n) is 11.0. The van der Waals surface area contributed by atoms with E-state index in [1.807, 2.05) is 0 Å². The van der Waals surface area contributed by atoms with Crippen molar-refractivity contribution < 1.29 is 4.74 Å². The van der Waals surface area contributed by atoms with Crippen LogP contribution in [0, 0.1) is 0 Å². The molecule has 1 unspecified atom stereocenters. The second kappa shape index (κ2) is 6.38. The van der Waals surface area contributed by atoms with Crippen molar-refractivity contribution in [2.45, 2.75) is 38.6 Å². The third-order valence-corrected chi connectivity index (χ3v) is 3.12. The van der Waals surface area contributed by atoms with Crippen molar-refractivity contribution in [2.24, 2.45) is 5.73 Å². The van der Waals surface area contributed by atoms with E-state index in [9.17, 15) is 0 Å². The molecular formula is C13H26N2O. The fourth-order valence-corrected chi connectivity index (χ4v) is 2.37. The predicted octanol–water partition coefficient (Wildman–Crippen LogP) is 1.78. The molecule has 0 spiro atoms. The van der Waals surface area contributed by atoms with Gasteiger partial charge in [-0.1, -0.05) is 19.4 Å². The van der Waals surface area contributed by atoms with Crippen molar-refractivity contribution in [3.05, 3.63) is 11.6 Å². The van der Waals surface area contributed by atoms with Gasteiger partial charge in [-0.2, -0.15) is 0 Å². The van der Waals surface area contributed by atoms with Gasteiger partial charge in [-0.25, -0.2) is 0 Å². The molecule has 0 saturated heterocycles. The maximum absolute atomic E-state index is 6.26. The minimum absolute atomic E-state index is 0.0403. The molecule has 2 N–H and O–H groups in total. The average molecular weight is 226 g/mol. The first-order valence-corrected chi connectivity index (χ1v) is 6.25. The summed E-state index contributed by atoms with van der Waals surface area (Å²) < 4.78 is 5.14. The van der Waals surface area contributed by atoms with E-state index in [1.54, 1.807) is 7.11 Å². The summed E-state index contributed by atoms with van der Waals surface area (Å²) >= 11 is 0. The third-order valence-electron chi connectivity index (χ3n) is 3.12. The summed E-state index contributed by atoms with van der Waals surface area (Å²) in [5.41, 5.74) is 7.65. The lowest BCUT2D eigenvalue weighted by molar-refractivity contribution is 0.196. The highest BCUT2D eigenvalue weighted by Gasteiger charge is 2.22. The summed E-state index contributed by atoms with van der Waals surface area (Å²) in [5.74, 6) is 0. The summed E-state index contributed by atoms with van der Waals surface area (Å²) in [5, 5.41) is 0. The van der Waals surface area contributed by atoms with Crippen molar-refractivity contribution in [1.82, 2.24) is 4.90 Å².